The lowest BCUT2D eigenvalue weighted by atomic mass is 9.77. The molecule has 0 amide bonds. The van der Waals surface area contributed by atoms with Crippen molar-refractivity contribution >= 4 is 0 Å². The van der Waals surface area contributed by atoms with E-state index in [0.717, 1.165) is 29.7 Å². The predicted molar refractivity (Wildman–Crippen MR) is 74.2 cm³/mol. The molecule has 3 rings (SSSR count). The summed E-state index contributed by atoms with van der Waals surface area (Å²) in [6.07, 6.45) is 4.00. The Balaban J connectivity index is 2.18. The van der Waals surface area contributed by atoms with Crippen LogP contribution < -0.4 is 9.47 Å². The zero-order valence-electron chi connectivity index (χ0n) is 11.7. The largest absolute Gasteiger partial charge is 0.497 e. The summed E-state index contributed by atoms with van der Waals surface area (Å²) in [6, 6.07) is 7.32. The summed E-state index contributed by atoms with van der Waals surface area (Å²) in [7, 11) is 3.22. The Labute approximate surface area is 117 Å². The highest BCUT2D eigenvalue weighted by Gasteiger charge is 2.40. The van der Waals surface area contributed by atoms with Gasteiger partial charge in [0.1, 0.15) is 22.9 Å². The number of aryl methyl sites for hydroxylation is 1. The molecule has 0 spiro atoms. The quantitative estimate of drug-likeness (QED) is 0.935. The average molecular weight is 274 g/mol. The van der Waals surface area contributed by atoms with Gasteiger partial charge in [0.15, 0.2) is 0 Å². The van der Waals surface area contributed by atoms with Crippen molar-refractivity contribution in [2.45, 2.75) is 24.9 Å². The van der Waals surface area contributed by atoms with E-state index in [1.165, 1.54) is 0 Å². The standard InChI is InChI=1S/C16H18O4/c1-18-11-5-6-14(19-2)13(10-11)16(17)8-3-4-15-12(16)7-9-20-15/h5-7,9-10,17H,3-4,8H2,1-2H3. The minimum Gasteiger partial charge on any atom is -0.497 e. The molecule has 2 aromatic rings. The van der Waals surface area contributed by atoms with Crippen LogP contribution in [0.4, 0.5) is 0 Å². The van der Waals surface area contributed by atoms with Crippen molar-refractivity contribution in [1.82, 2.24) is 0 Å². The number of benzene rings is 1. The van der Waals surface area contributed by atoms with Crippen LogP contribution in [0.5, 0.6) is 11.5 Å². The Morgan fingerprint density at radius 1 is 1.15 bits per heavy atom. The molecule has 1 N–H and O–H groups in total. The molecule has 106 valence electrons. The molecule has 1 aliphatic rings. The molecule has 1 heterocycles. The van der Waals surface area contributed by atoms with Crippen molar-refractivity contribution in [3.63, 3.8) is 0 Å². The molecule has 1 aromatic carbocycles. The van der Waals surface area contributed by atoms with Crippen LogP contribution in [0, 0.1) is 0 Å². The number of methoxy groups -OCH3 is 2. The summed E-state index contributed by atoms with van der Waals surface area (Å²) in [5, 5.41) is 11.2. The van der Waals surface area contributed by atoms with Gasteiger partial charge in [-0.15, -0.1) is 0 Å². The Morgan fingerprint density at radius 2 is 2.00 bits per heavy atom. The molecule has 4 nitrogen and oxygen atoms in total. The highest BCUT2D eigenvalue weighted by Crippen LogP contribution is 2.45. The number of hydrogen-bond donors (Lipinski definition) is 1. The van der Waals surface area contributed by atoms with Gasteiger partial charge in [0, 0.05) is 17.5 Å². The van der Waals surface area contributed by atoms with E-state index < -0.39 is 5.60 Å². The van der Waals surface area contributed by atoms with Gasteiger partial charge in [0.25, 0.3) is 0 Å². The summed E-state index contributed by atoms with van der Waals surface area (Å²) in [4.78, 5) is 0. The average Bonchev–Trinajstić information content (AvgIpc) is 2.97. The third-order valence-electron chi connectivity index (χ3n) is 3.99. The Bertz CT molecular complexity index is 617. The van der Waals surface area contributed by atoms with Crippen molar-refractivity contribution in [3.05, 3.63) is 47.4 Å². The highest BCUT2D eigenvalue weighted by atomic mass is 16.5. The lowest BCUT2D eigenvalue weighted by Gasteiger charge is -2.33. The number of ether oxygens (including phenoxy) is 2. The van der Waals surface area contributed by atoms with E-state index in [1.807, 2.05) is 24.3 Å². The molecule has 1 atom stereocenters. The van der Waals surface area contributed by atoms with Crippen LogP contribution in [0.1, 0.15) is 29.7 Å². The maximum Gasteiger partial charge on any atom is 0.125 e. The van der Waals surface area contributed by atoms with Crippen LogP contribution in [0.25, 0.3) is 0 Å². The molecule has 1 unspecified atom stereocenters. The smallest absolute Gasteiger partial charge is 0.125 e. The summed E-state index contributed by atoms with van der Waals surface area (Å²) in [6.45, 7) is 0. The molecule has 0 aliphatic heterocycles. The number of rotatable bonds is 3. The Hall–Kier alpha value is -1.94. The number of fused-ring (bicyclic) bond motifs is 1. The first-order valence-electron chi connectivity index (χ1n) is 6.71. The Kier molecular flexibility index (Phi) is 3.18. The van der Waals surface area contributed by atoms with Gasteiger partial charge >= 0.3 is 0 Å². The summed E-state index contributed by atoms with van der Waals surface area (Å²) >= 11 is 0. The first-order chi connectivity index (χ1) is 9.69. The monoisotopic (exact) mass is 274 g/mol. The minimum atomic E-state index is -1.08. The van der Waals surface area contributed by atoms with Gasteiger partial charge in [-0.2, -0.15) is 0 Å². The van der Waals surface area contributed by atoms with Crippen molar-refractivity contribution < 1.29 is 19.0 Å². The molecule has 20 heavy (non-hydrogen) atoms. The van der Waals surface area contributed by atoms with Crippen LogP contribution >= 0.6 is 0 Å². The maximum absolute atomic E-state index is 11.2. The second-order valence-corrected chi connectivity index (χ2v) is 5.04. The fraction of sp³-hybridized carbons (Fsp3) is 0.375. The Morgan fingerprint density at radius 3 is 2.75 bits per heavy atom. The van der Waals surface area contributed by atoms with Gasteiger partial charge in [-0.3, -0.25) is 0 Å². The fourth-order valence-corrected chi connectivity index (χ4v) is 2.96. The fourth-order valence-electron chi connectivity index (χ4n) is 2.96. The van der Waals surface area contributed by atoms with Crippen molar-refractivity contribution in [2.24, 2.45) is 0 Å². The number of hydrogen-bond acceptors (Lipinski definition) is 4. The summed E-state index contributed by atoms with van der Waals surface area (Å²) < 4.78 is 16.1. The van der Waals surface area contributed by atoms with Gasteiger partial charge in [-0.25, -0.2) is 0 Å². The van der Waals surface area contributed by atoms with Crippen LogP contribution in [-0.4, -0.2) is 19.3 Å². The van der Waals surface area contributed by atoms with E-state index in [1.54, 1.807) is 20.5 Å². The first-order valence-corrected chi connectivity index (χ1v) is 6.71. The van der Waals surface area contributed by atoms with Crippen molar-refractivity contribution in [2.75, 3.05) is 14.2 Å². The predicted octanol–water partition coefficient (Wildman–Crippen LogP) is 2.87. The lowest BCUT2D eigenvalue weighted by molar-refractivity contribution is 0.0561. The number of furan rings is 1. The second kappa shape index (κ2) is 4.87. The normalized spacial score (nSPS) is 21.4. The molecule has 1 aliphatic carbocycles. The van der Waals surface area contributed by atoms with E-state index in [9.17, 15) is 5.11 Å². The van der Waals surface area contributed by atoms with Gasteiger partial charge in [0.05, 0.1) is 20.5 Å². The summed E-state index contributed by atoms with van der Waals surface area (Å²) in [5.74, 6) is 2.20. The minimum absolute atomic E-state index is 0.642. The molecule has 1 aromatic heterocycles. The zero-order valence-corrected chi connectivity index (χ0v) is 11.7. The highest BCUT2D eigenvalue weighted by molar-refractivity contribution is 5.50. The van der Waals surface area contributed by atoms with E-state index in [4.69, 9.17) is 13.9 Å². The van der Waals surface area contributed by atoms with Crippen LogP contribution in [0.15, 0.2) is 34.9 Å². The second-order valence-electron chi connectivity index (χ2n) is 5.04. The third-order valence-corrected chi connectivity index (χ3v) is 3.99. The molecule has 0 radical (unpaired) electrons. The third kappa shape index (κ3) is 1.88. The topological polar surface area (TPSA) is 51.8 Å². The van der Waals surface area contributed by atoms with Crippen molar-refractivity contribution in [3.8, 4) is 11.5 Å². The number of aliphatic hydroxyl groups is 1. The van der Waals surface area contributed by atoms with Crippen LogP contribution in [0.2, 0.25) is 0 Å². The van der Waals surface area contributed by atoms with Crippen LogP contribution in [0.3, 0.4) is 0 Å². The molecular formula is C16H18O4. The van der Waals surface area contributed by atoms with E-state index in [2.05, 4.69) is 0 Å². The van der Waals surface area contributed by atoms with Crippen molar-refractivity contribution in [1.29, 1.82) is 0 Å². The first kappa shape index (κ1) is 13.1. The maximum atomic E-state index is 11.2. The summed E-state index contributed by atoms with van der Waals surface area (Å²) in [5.41, 5.74) is 0.470. The molecule has 0 bridgehead atoms. The van der Waals surface area contributed by atoms with Gasteiger partial charge in [-0.1, -0.05) is 0 Å². The van der Waals surface area contributed by atoms with Gasteiger partial charge in [0.2, 0.25) is 0 Å². The molecule has 0 saturated heterocycles. The molecule has 0 saturated carbocycles. The van der Waals surface area contributed by atoms with Gasteiger partial charge < -0.3 is 19.0 Å². The molecule has 0 fully saturated rings. The van der Waals surface area contributed by atoms with E-state index >= 15 is 0 Å². The van der Waals surface area contributed by atoms with E-state index in [0.29, 0.717) is 17.9 Å². The van der Waals surface area contributed by atoms with E-state index in [-0.39, 0.29) is 0 Å². The lowest BCUT2D eigenvalue weighted by Crippen LogP contribution is -2.31. The zero-order chi connectivity index (χ0) is 14.2. The molecular weight excluding hydrogens is 256 g/mol. The SMILES string of the molecule is COc1ccc(OC)c(C2(O)CCCc3occc32)c1. The van der Waals surface area contributed by atoms with Crippen LogP contribution in [-0.2, 0) is 12.0 Å². The van der Waals surface area contributed by atoms with Gasteiger partial charge in [-0.05, 0) is 37.1 Å². The molecule has 4 heteroatoms.